The lowest BCUT2D eigenvalue weighted by molar-refractivity contribution is -0.134. The van der Waals surface area contributed by atoms with Crippen LogP contribution in [-0.2, 0) is 25.5 Å². The number of morpholine rings is 1. The van der Waals surface area contributed by atoms with Gasteiger partial charge in [-0.15, -0.1) is 0 Å². The van der Waals surface area contributed by atoms with Gasteiger partial charge in [-0.1, -0.05) is 124 Å². The fourth-order valence-electron chi connectivity index (χ4n) is 3.52. The van der Waals surface area contributed by atoms with Crippen molar-refractivity contribution in [3.63, 3.8) is 0 Å². The average Bonchev–Trinajstić information content (AvgIpc) is 3.89. The van der Waals surface area contributed by atoms with E-state index < -0.39 is 5.97 Å². The number of ketones is 1. The van der Waals surface area contributed by atoms with Crippen LogP contribution in [0.25, 0.3) is 5.57 Å². The topological polar surface area (TPSA) is 213 Å². The van der Waals surface area contributed by atoms with Gasteiger partial charge < -0.3 is 55.8 Å². The van der Waals surface area contributed by atoms with Crippen molar-refractivity contribution in [2.45, 2.75) is 102 Å². The minimum absolute atomic E-state index is 0.130. The highest BCUT2D eigenvalue weighted by Gasteiger charge is 2.07. The second kappa shape index (κ2) is 60.6. The number of aliphatic imine (C=N–C) groups is 1. The SMILES string of the molecule is CC(=O)O.CC(C)=O.CC1=CCc2ccccc21.CCC.CCC.CCO.CN(C)C.CN1CCOCC1.CN=C(N)N.COC.Cc1ccc(O)cc1.Cc1ccccc1.Cc1cnc[nH]1. The molecule has 2 heterocycles. The summed E-state index contributed by atoms with van der Waals surface area (Å²) in [6.07, 6.45) is 9.35. The van der Waals surface area contributed by atoms with Crippen LogP contribution in [0.3, 0.4) is 0 Å². The van der Waals surface area contributed by atoms with Crippen molar-refractivity contribution in [3.8, 4) is 5.75 Å². The normalized spacial score (nSPS) is 10.5. The molecule has 4 aromatic rings. The Hall–Kier alpha value is -5.38. The first-order chi connectivity index (χ1) is 31.5. The van der Waals surface area contributed by atoms with Gasteiger partial charge in [0.2, 0.25) is 0 Å². The van der Waals surface area contributed by atoms with Gasteiger partial charge in [0.1, 0.15) is 11.5 Å². The zero-order valence-electron chi connectivity index (χ0n) is 45.3. The van der Waals surface area contributed by atoms with Gasteiger partial charge in [-0.2, -0.15) is 0 Å². The molecule has 2 aliphatic rings. The molecule has 14 nitrogen and oxygen atoms in total. The number of benzene rings is 3. The molecule has 0 atom stereocenters. The number of aromatic amines is 1. The van der Waals surface area contributed by atoms with Crippen molar-refractivity contribution in [1.29, 1.82) is 0 Å². The minimum Gasteiger partial charge on any atom is -0.508 e. The summed E-state index contributed by atoms with van der Waals surface area (Å²) in [5.41, 5.74) is 17.6. The molecule has 1 aromatic heterocycles. The van der Waals surface area contributed by atoms with Crippen LogP contribution in [0.1, 0.15) is 103 Å². The highest BCUT2D eigenvalue weighted by molar-refractivity contribution is 5.75. The standard InChI is InChI=1S/C10H10.C7H8O.C7H8.C5H11NO.C4H6N2.C3H9N.C3H6O.2C3H8.C2H7N3.C2H4O2.2C2H6O/c1-8-6-7-9-4-2-3-5-10(8)9;1-6-2-4-7(8)5-3-6;1-7-5-3-2-4-6-7;1-6-2-4-7-5-3-6;1-4-2-5-3-6-4;1-4(2)3;1-3(2)4;2*1-3-2;1-5-2(3)4;1-2(3)4;1-3-2;1-2-3/h2-6H,7H2,1H3;2-5,8H,1H3;2-6H,1H3;2-5H2,1H3;2-3H,1H3,(H,5,6);1-3H3;1-2H3;2*3H2,1-2H3;1H3,(H4,3,4,5);1H3,(H,3,4);1-2H3;3H,2H2,1H3. The molecular formula is C53H97N7O7. The highest BCUT2D eigenvalue weighted by atomic mass is 16.5. The van der Waals surface area contributed by atoms with E-state index in [1.54, 1.807) is 45.8 Å². The Bertz CT molecular complexity index is 1570. The Kier molecular flexibility index (Phi) is 68.7. The largest absolute Gasteiger partial charge is 0.508 e. The molecule has 3 aromatic carbocycles. The number of phenols is 1. The third-order valence-electron chi connectivity index (χ3n) is 6.17. The number of carbonyl (C=O) groups is 2. The number of nitrogens with one attached hydrogen (secondary N) is 1. The number of guanidine groups is 1. The molecule has 0 amide bonds. The first-order valence-corrected chi connectivity index (χ1v) is 22.5. The lowest BCUT2D eigenvalue weighted by Crippen LogP contribution is -2.32. The number of aromatic hydroxyl groups is 1. The number of Topliss-reactive ketones (excluding diaryl/α,β-unsaturated/α-hetero) is 1. The fourth-order valence-corrected chi connectivity index (χ4v) is 3.52. The Labute approximate surface area is 408 Å². The number of nitrogens with two attached hydrogens (primary N) is 2. The van der Waals surface area contributed by atoms with Crippen LogP contribution in [-0.4, -0.2) is 135 Å². The van der Waals surface area contributed by atoms with Crippen LogP contribution in [0.5, 0.6) is 5.75 Å². The molecule has 6 rings (SSSR count). The van der Waals surface area contributed by atoms with Crippen LogP contribution in [0.2, 0.25) is 0 Å². The van der Waals surface area contributed by atoms with Crippen molar-refractivity contribution >= 4 is 23.3 Å². The molecule has 0 unspecified atom stereocenters. The Morgan fingerprint density at radius 2 is 1.16 bits per heavy atom. The number of allylic oxidation sites excluding steroid dienone is 2. The van der Waals surface area contributed by atoms with Crippen LogP contribution < -0.4 is 11.5 Å². The number of aliphatic hydroxyl groups is 1. The lowest BCUT2D eigenvalue weighted by Gasteiger charge is -2.21. The molecule has 67 heavy (non-hydrogen) atoms. The maximum absolute atomic E-state index is 9.44. The van der Waals surface area contributed by atoms with Crippen LogP contribution in [0.4, 0.5) is 0 Å². The number of phenolic OH excluding ortho intramolecular Hbond substituents is 1. The summed E-state index contributed by atoms with van der Waals surface area (Å²) < 4.78 is 9.35. The summed E-state index contributed by atoms with van der Waals surface area (Å²) in [5, 5.41) is 23.7. The minimum atomic E-state index is -0.833. The number of aliphatic carboxylic acids is 1. The van der Waals surface area contributed by atoms with E-state index in [1.165, 1.54) is 61.6 Å². The van der Waals surface area contributed by atoms with Crippen molar-refractivity contribution in [1.82, 2.24) is 19.8 Å². The van der Waals surface area contributed by atoms with Gasteiger partial charge >= 0.3 is 0 Å². The Balaban J connectivity index is -0.000000119. The second-order valence-corrected chi connectivity index (χ2v) is 14.9. The van der Waals surface area contributed by atoms with Gasteiger partial charge in [0.25, 0.3) is 5.97 Å². The molecule has 8 N–H and O–H groups in total. The molecule has 1 fully saturated rings. The molecule has 1 aliphatic carbocycles. The number of methoxy groups -OCH3 is 1. The smallest absolute Gasteiger partial charge is 0.300 e. The van der Waals surface area contributed by atoms with E-state index in [9.17, 15) is 4.79 Å². The quantitative estimate of drug-likeness (QED) is 0.0718. The van der Waals surface area contributed by atoms with Crippen molar-refractivity contribution < 1.29 is 34.4 Å². The number of carboxylic acids is 1. The van der Waals surface area contributed by atoms with Crippen molar-refractivity contribution in [2.24, 2.45) is 16.5 Å². The lowest BCUT2D eigenvalue weighted by atomic mass is 10.1. The first-order valence-electron chi connectivity index (χ1n) is 22.5. The number of H-pyrrole nitrogens is 1. The third-order valence-corrected chi connectivity index (χ3v) is 6.17. The number of hydrogen-bond donors (Lipinski definition) is 6. The number of carbonyl (C=O) groups excluding carboxylic acids is 1. The van der Waals surface area contributed by atoms with Gasteiger partial charge in [0.15, 0.2) is 5.96 Å². The number of hydrogen-bond acceptors (Lipinski definition) is 10. The molecule has 0 spiro atoms. The first kappa shape index (κ1) is 75.9. The van der Waals surface area contributed by atoms with Crippen LogP contribution in [0.15, 0.2) is 102 Å². The van der Waals surface area contributed by atoms with E-state index in [4.69, 9.17) is 36.3 Å². The van der Waals surface area contributed by atoms with Gasteiger partial charge in [-0.05, 0) is 112 Å². The number of aromatic nitrogens is 2. The summed E-state index contributed by atoms with van der Waals surface area (Å²) in [6, 6.07) is 25.9. The van der Waals surface area contributed by atoms with Gasteiger partial charge in [0.05, 0.1) is 19.5 Å². The number of carboxylic acid groups (broad SMARTS) is 1. The Morgan fingerprint density at radius 3 is 1.40 bits per heavy atom. The summed E-state index contributed by atoms with van der Waals surface area (Å²) in [6.45, 7) is 26.8. The molecule has 0 bridgehead atoms. The predicted molar refractivity (Wildman–Crippen MR) is 288 cm³/mol. The van der Waals surface area contributed by atoms with Crippen LogP contribution >= 0.6 is 0 Å². The van der Waals surface area contributed by atoms with Crippen molar-refractivity contribution in [2.75, 3.05) is 82.4 Å². The Morgan fingerprint density at radius 1 is 0.806 bits per heavy atom. The van der Waals surface area contributed by atoms with E-state index in [0.29, 0.717) is 5.75 Å². The number of nitrogens with zero attached hydrogens (tertiary/aromatic N) is 4. The number of likely N-dealkylation sites (N-methyl/N-ethyl adjacent to an activating group) is 1. The molecule has 1 saturated heterocycles. The van der Waals surface area contributed by atoms with Gasteiger partial charge in [0, 0.05) is 59.8 Å². The fraction of sp³-hybridized carbons (Fsp3) is 0.509. The number of fused-ring (bicyclic) bond motifs is 1. The van der Waals surface area contributed by atoms with E-state index in [2.05, 4.69) is 116 Å². The predicted octanol–water partition coefficient (Wildman–Crippen LogP) is 9.86. The highest BCUT2D eigenvalue weighted by Crippen LogP contribution is 2.25. The van der Waals surface area contributed by atoms with Gasteiger partial charge in [-0.25, -0.2) is 4.98 Å². The van der Waals surface area contributed by atoms with Crippen molar-refractivity contribution in [3.05, 3.63) is 125 Å². The maximum atomic E-state index is 9.44. The third kappa shape index (κ3) is 84.6. The monoisotopic (exact) mass is 944 g/mol. The number of aliphatic hydroxyl groups excluding tert-OH is 1. The zero-order valence-corrected chi connectivity index (χ0v) is 45.3. The molecule has 0 saturated carbocycles. The molecule has 0 radical (unpaired) electrons. The molecular weight excluding hydrogens is 847 g/mol. The zero-order chi connectivity index (χ0) is 53.4. The summed E-state index contributed by atoms with van der Waals surface area (Å²) in [5.74, 6) is -0.208. The maximum Gasteiger partial charge on any atom is 0.300 e. The summed E-state index contributed by atoms with van der Waals surface area (Å²) >= 11 is 0. The molecule has 1 aliphatic heterocycles. The summed E-state index contributed by atoms with van der Waals surface area (Å²) in [4.78, 5) is 32.7. The second-order valence-electron chi connectivity index (χ2n) is 14.9. The van der Waals surface area contributed by atoms with E-state index in [-0.39, 0.29) is 18.3 Å². The molecule has 386 valence electrons. The number of imidazole rings is 1. The average molecular weight is 944 g/mol. The van der Waals surface area contributed by atoms with E-state index in [1.807, 2.05) is 70.2 Å². The number of rotatable bonds is 0. The number of aryl methyl sites for hydroxylation is 3. The van der Waals surface area contributed by atoms with E-state index >= 15 is 0 Å². The summed E-state index contributed by atoms with van der Waals surface area (Å²) in [7, 11) is 12.9. The number of ether oxygens (including phenoxy) is 2. The van der Waals surface area contributed by atoms with Gasteiger partial charge in [-0.3, -0.25) is 9.79 Å². The van der Waals surface area contributed by atoms with Crippen LogP contribution in [0, 0.1) is 20.8 Å². The molecule has 14 heteroatoms. The van der Waals surface area contributed by atoms with E-state index in [0.717, 1.165) is 45.3 Å².